The first kappa shape index (κ1) is 19.1. The topological polar surface area (TPSA) is 84.2 Å². The molecule has 2 aliphatic heterocycles. The predicted octanol–water partition coefficient (Wildman–Crippen LogP) is 2.01. The number of aryl methyl sites for hydroxylation is 2. The van der Waals surface area contributed by atoms with E-state index >= 15 is 0 Å². The number of likely N-dealkylation sites (N-methyl/N-ethyl adjacent to an activating group) is 1. The Morgan fingerprint density at radius 1 is 1.36 bits per heavy atom. The highest BCUT2D eigenvalue weighted by Crippen LogP contribution is 2.38. The Bertz CT molecular complexity index is 890. The van der Waals surface area contributed by atoms with Gasteiger partial charge < -0.3 is 15.1 Å². The van der Waals surface area contributed by atoms with E-state index in [1.807, 2.05) is 26.1 Å². The minimum absolute atomic E-state index is 0.0545. The van der Waals surface area contributed by atoms with Gasteiger partial charge in [0.2, 0.25) is 5.95 Å². The molecule has 2 aromatic rings. The van der Waals surface area contributed by atoms with E-state index in [9.17, 15) is 5.26 Å². The summed E-state index contributed by atoms with van der Waals surface area (Å²) < 4.78 is 4.28. The monoisotopic (exact) mass is 398 g/mol. The molecule has 0 aromatic carbocycles. The van der Waals surface area contributed by atoms with Gasteiger partial charge in [-0.3, -0.25) is 4.90 Å². The van der Waals surface area contributed by atoms with Crippen LogP contribution < -0.4 is 10.2 Å². The molecule has 1 N–H and O–H groups in total. The molecule has 28 heavy (non-hydrogen) atoms. The van der Waals surface area contributed by atoms with Gasteiger partial charge in [0.05, 0.1) is 23.7 Å². The van der Waals surface area contributed by atoms with Gasteiger partial charge in [0, 0.05) is 44.0 Å². The summed E-state index contributed by atoms with van der Waals surface area (Å²) in [5.41, 5.74) is 1.97. The van der Waals surface area contributed by atoms with Crippen LogP contribution in [-0.4, -0.2) is 76.0 Å². The van der Waals surface area contributed by atoms with E-state index in [-0.39, 0.29) is 5.54 Å². The van der Waals surface area contributed by atoms with Crippen molar-refractivity contribution in [2.75, 3.05) is 50.5 Å². The van der Waals surface area contributed by atoms with Gasteiger partial charge in [-0.15, -0.1) is 0 Å². The maximum atomic E-state index is 9.39. The molecule has 0 radical (unpaired) electrons. The molecule has 2 aliphatic rings. The Labute approximate surface area is 170 Å². The van der Waals surface area contributed by atoms with Crippen LogP contribution in [0.15, 0.2) is 12.3 Å². The van der Waals surface area contributed by atoms with E-state index in [0.717, 1.165) is 48.3 Å². The molecular weight excluding hydrogens is 372 g/mol. The summed E-state index contributed by atoms with van der Waals surface area (Å²) in [7, 11) is 4.24. The third-order valence-electron chi connectivity index (χ3n) is 5.75. The first-order valence-electron chi connectivity index (χ1n) is 9.47. The first-order valence-corrected chi connectivity index (χ1v) is 10.2. The zero-order valence-corrected chi connectivity index (χ0v) is 17.6. The number of nitrogens with one attached hydrogen (secondary N) is 1. The summed E-state index contributed by atoms with van der Waals surface area (Å²) in [5.74, 6) is 1.52. The van der Waals surface area contributed by atoms with Crippen LogP contribution in [0.3, 0.4) is 0 Å². The van der Waals surface area contributed by atoms with Gasteiger partial charge in [-0.1, -0.05) is 0 Å². The van der Waals surface area contributed by atoms with Crippen molar-refractivity contribution in [3.8, 4) is 6.07 Å². The van der Waals surface area contributed by atoms with Crippen molar-refractivity contribution in [3.05, 3.63) is 23.5 Å². The molecule has 4 rings (SSSR count). The van der Waals surface area contributed by atoms with Gasteiger partial charge >= 0.3 is 0 Å². The SMILES string of the molecule is Cc1cc(Nc2ncc(C)c(N3CC(CC#N)(N4CC(N(C)C)C4)C3)n2)sn1. The van der Waals surface area contributed by atoms with Crippen LogP contribution >= 0.6 is 11.5 Å². The maximum Gasteiger partial charge on any atom is 0.229 e. The zero-order chi connectivity index (χ0) is 19.9. The third-order valence-corrected chi connectivity index (χ3v) is 6.55. The van der Waals surface area contributed by atoms with Crippen molar-refractivity contribution in [2.24, 2.45) is 0 Å². The fourth-order valence-corrected chi connectivity index (χ4v) is 4.56. The molecule has 2 aromatic heterocycles. The highest BCUT2D eigenvalue weighted by molar-refractivity contribution is 7.10. The minimum atomic E-state index is -0.0545. The quantitative estimate of drug-likeness (QED) is 0.791. The van der Waals surface area contributed by atoms with Crippen molar-refractivity contribution >= 4 is 28.3 Å². The molecule has 0 bridgehead atoms. The molecule has 4 heterocycles. The van der Waals surface area contributed by atoms with E-state index in [1.165, 1.54) is 11.5 Å². The summed E-state index contributed by atoms with van der Waals surface area (Å²) in [5, 5.41) is 13.6. The average molecular weight is 399 g/mol. The van der Waals surface area contributed by atoms with Crippen LogP contribution in [0, 0.1) is 25.2 Å². The van der Waals surface area contributed by atoms with Gasteiger partial charge in [0.15, 0.2) is 0 Å². The summed E-state index contributed by atoms with van der Waals surface area (Å²) in [6, 6.07) is 4.98. The van der Waals surface area contributed by atoms with Gasteiger partial charge in [0.25, 0.3) is 0 Å². The Morgan fingerprint density at radius 2 is 2.11 bits per heavy atom. The normalized spacial score (nSPS) is 19.2. The second-order valence-corrected chi connectivity index (χ2v) is 8.90. The van der Waals surface area contributed by atoms with E-state index in [4.69, 9.17) is 4.98 Å². The molecule has 0 amide bonds. The van der Waals surface area contributed by atoms with E-state index in [1.54, 1.807) is 0 Å². The number of nitrogens with zero attached hydrogens (tertiary/aromatic N) is 7. The van der Waals surface area contributed by atoms with Crippen molar-refractivity contribution in [1.82, 2.24) is 24.1 Å². The van der Waals surface area contributed by atoms with Crippen LogP contribution in [-0.2, 0) is 0 Å². The van der Waals surface area contributed by atoms with Crippen LogP contribution in [0.2, 0.25) is 0 Å². The van der Waals surface area contributed by atoms with E-state index in [2.05, 4.69) is 49.5 Å². The van der Waals surface area contributed by atoms with Crippen LogP contribution in [0.4, 0.5) is 16.8 Å². The molecule has 2 saturated heterocycles. The second kappa shape index (κ2) is 7.28. The third kappa shape index (κ3) is 3.43. The summed E-state index contributed by atoms with van der Waals surface area (Å²) >= 11 is 1.40. The summed E-state index contributed by atoms with van der Waals surface area (Å²) in [4.78, 5) is 16.1. The number of anilines is 3. The lowest BCUT2D eigenvalue weighted by Crippen LogP contribution is -2.77. The van der Waals surface area contributed by atoms with Crippen molar-refractivity contribution < 1.29 is 0 Å². The Hall–Kier alpha value is -2.28. The Kier molecular flexibility index (Phi) is 4.95. The van der Waals surface area contributed by atoms with Crippen molar-refractivity contribution in [1.29, 1.82) is 5.26 Å². The number of likely N-dealkylation sites (tertiary alicyclic amines) is 1. The van der Waals surface area contributed by atoms with Crippen molar-refractivity contribution in [2.45, 2.75) is 31.8 Å². The lowest BCUT2D eigenvalue weighted by molar-refractivity contribution is -0.0422. The largest absolute Gasteiger partial charge is 0.352 e. The standard InChI is InChI=1S/C19H26N8S/c1-13-8-21-18(22-16-7-14(2)24-28-16)23-17(13)26-11-19(12-26,5-6-20)27-9-15(10-27)25(3)4/h7-8,15H,5,9-12H2,1-4H3,(H,21,22,23). The Balaban J connectivity index is 1.46. The predicted molar refractivity (Wildman–Crippen MR) is 111 cm³/mol. The second-order valence-electron chi connectivity index (χ2n) is 8.10. The Morgan fingerprint density at radius 3 is 2.71 bits per heavy atom. The molecule has 0 unspecified atom stereocenters. The van der Waals surface area contributed by atoms with Gasteiger partial charge in [-0.2, -0.15) is 14.6 Å². The molecule has 2 fully saturated rings. The molecule has 9 heteroatoms. The van der Waals surface area contributed by atoms with Crippen molar-refractivity contribution in [3.63, 3.8) is 0 Å². The smallest absolute Gasteiger partial charge is 0.229 e. The van der Waals surface area contributed by atoms with E-state index in [0.29, 0.717) is 18.4 Å². The molecule has 0 saturated carbocycles. The number of rotatable bonds is 6. The fraction of sp³-hybridized carbons (Fsp3) is 0.579. The molecule has 0 spiro atoms. The van der Waals surface area contributed by atoms with E-state index < -0.39 is 0 Å². The van der Waals surface area contributed by atoms with Gasteiger partial charge in [0.1, 0.15) is 10.8 Å². The fourth-order valence-electron chi connectivity index (χ4n) is 3.90. The summed E-state index contributed by atoms with van der Waals surface area (Å²) in [6.07, 6.45) is 2.41. The number of nitriles is 1. The highest BCUT2D eigenvalue weighted by Gasteiger charge is 2.52. The number of hydrogen-bond donors (Lipinski definition) is 1. The maximum absolute atomic E-state index is 9.39. The van der Waals surface area contributed by atoms with Crippen LogP contribution in [0.1, 0.15) is 17.7 Å². The van der Waals surface area contributed by atoms with Crippen LogP contribution in [0.25, 0.3) is 0 Å². The summed E-state index contributed by atoms with van der Waals surface area (Å²) in [6.45, 7) is 7.72. The molecule has 0 atom stereocenters. The lowest BCUT2D eigenvalue weighted by Gasteiger charge is -2.61. The minimum Gasteiger partial charge on any atom is -0.352 e. The number of aromatic nitrogens is 3. The molecule has 0 aliphatic carbocycles. The lowest BCUT2D eigenvalue weighted by atomic mass is 9.81. The van der Waals surface area contributed by atoms with Gasteiger partial charge in [-0.05, 0) is 45.5 Å². The average Bonchev–Trinajstić information content (AvgIpc) is 2.97. The molecular formula is C19H26N8S. The first-order chi connectivity index (χ1) is 13.4. The van der Waals surface area contributed by atoms with Gasteiger partial charge in [-0.25, -0.2) is 4.98 Å². The zero-order valence-electron chi connectivity index (χ0n) is 16.8. The highest BCUT2D eigenvalue weighted by atomic mass is 32.1. The van der Waals surface area contributed by atoms with Crippen LogP contribution in [0.5, 0.6) is 0 Å². The molecule has 148 valence electrons. The number of hydrogen-bond acceptors (Lipinski definition) is 9. The molecule has 8 nitrogen and oxygen atoms in total.